The van der Waals surface area contributed by atoms with Crippen LogP contribution in [0.25, 0.3) is 0 Å². The third-order valence-corrected chi connectivity index (χ3v) is 6.04. The van der Waals surface area contributed by atoms with Crippen LogP contribution in [0.4, 0.5) is 5.69 Å². The zero-order valence-electron chi connectivity index (χ0n) is 13.2. The maximum absolute atomic E-state index is 12.4. The van der Waals surface area contributed by atoms with Gasteiger partial charge in [0.2, 0.25) is 5.91 Å². The van der Waals surface area contributed by atoms with Crippen molar-refractivity contribution in [2.75, 3.05) is 11.1 Å². The third-order valence-electron chi connectivity index (χ3n) is 3.54. The van der Waals surface area contributed by atoms with Crippen LogP contribution >= 0.6 is 35.1 Å². The van der Waals surface area contributed by atoms with Crippen LogP contribution in [0.15, 0.2) is 39.1 Å². The van der Waals surface area contributed by atoms with Gasteiger partial charge < -0.3 is 5.32 Å². The number of thioether (sulfide) groups is 2. The maximum atomic E-state index is 12.4. The van der Waals surface area contributed by atoms with Crippen molar-refractivity contribution >= 4 is 46.7 Å². The quantitative estimate of drug-likeness (QED) is 0.650. The Labute approximate surface area is 153 Å². The van der Waals surface area contributed by atoms with Gasteiger partial charge in [-0.3, -0.25) is 14.2 Å². The van der Waals surface area contributed by atoms with Gasteiger partial charge in [-0.2, -0.15) is 0 Å². The molecule has 1 N–H and O–H groups in total. The normalized spacial score (nSPS) is 16.0. The first-order chi connectivity index (χ1) is 11.4. The first-order valence-corrected chi connectivity index (χ1v) is 9.63. The second-order valence-electron chi connectivity index (χ2n) is 5.51. The molecule has 0 unspecified atom stereocenters. The van der Waals surface area contributed by atoms with E-state index >= 15 is 0 Å². The zero-order valence-corrected chi connectivity index (χ0v) is 15.6. The lowest BCUT2D eigenvalue weighted by Crippen LogP contribution is -2.23. The third kappa shape index (κ3) is 3.79. The lowest BCUT2D eigenvalue weighted by atomic mass is 10.2. The molecule has 0 saturated heterocycles. The highest BCUT2D eigenvalue weighted by molar-refractivity contribution is 8.00. The number of rotatable bonds is 4. The predicted molar refractivity (Wildman–Crippen MR) is 99.3 cm³/mol. The highest BCUT2D eigenvalue weighted by Gasteiger charge is 2.25. The molecule has 1 aliphatic rings. The maximum Gasteiger partial charge on any atom is 0.267 e. The molecule has 0 fully saturated rings. The first kappa shape index (κ1) is 17.4. The summed E-state index contributed by atoms with van der Waals surface area (Å²) in [6.07, 6.45) is 0.792. The smallest absolute Gasteiger partial charge is 0.267 e. The number of carbonyl (C=O) groups excluding carboxylic acids is 1. The van der Waals surface area contributed by atoms with Gasteiger partial charge in [0.1, 0.15) is 0 Å². The SMILES string of the molecule is C[C@@H]1Cc2nc(SCC(=O)Nc3ccc(Cl)cc3)n(C)c(=O)c2S1. The summed E-state index contributed by atoms with van der Waals surface area (Å²) in [5.74, 6) is 0.0320. The van der Waals surface area contributed by atoms with Crippen LogP contribution in [0.3, 0.4) is 0 Å². The number of nitrogens with one attached hydrogen (secondary N) is 1. The average Bonchev–Trinajstić information content (AvgIpc) is 2.92. The Morgan fingerprint density at radius 2 is 2.17 bits per heavy atom. The molecular formula is C16H16ClN3O2S2. The molecule has 1 aliphatic heterocycles. The molecule has 0 aliphatic carbocycles. The minimum Gasteiger partial charge on any atom is -0.325 e. The van der Waals surface area contributed by atoms with E-state index in [0.717, 1.165) is 17.0 Å². The molecule has 126 valence electrons. The summed E-state index contributed by atoms with van der Waals surface area (Å²) in [4.78, 5) is 29.7. The van der Waals surface area contributed by atoms with Gasteiger partial charge in [-0.1, -0.05) is 30.3 Å². The predicted octanol–water partition coefficient (Wildman–Crippen LogP) is 3.20. The van der Waals surface area contributed by atoms with Crippen LogP contribution in [0.1, 0.15) is 12.6 Å². The van der Waals surface area contributed by atoms with Crippen LogP contribution in [-0.2, 0) is 18.3 Å². The number of aromatic nitrogens is 2. The van der Waals surface area contributed by atoms with E-state index in [1.807, 2.05) is 0 Å². The van der Waals surface area contributed by atoms with Gasteiger partial charge >= 0.3 is 0 Å². The van der Waals surface area contributed by atoms with Crippen molar-refractivity contribution in [3.63, 3.8) is 0 Å². The van der Waals surface area contributed by atoms with E-state index in [1.54, 1.807) is 43.1 Å². The molecule has 2 heterocycles. The fraction of sp³-hybridized carbons (Fsp3) is 0.312. The summed E-state index contributed by atoms with van der Waals surface area (Å²) < 4.78 is 1.52. The average molecular weight is 382 g/mol. The first-order valence-electron chi connectivity index (χ1n) is 7.39. The van der Waals surface area contributed by atoms with Gasteiger partial charge in [-0.05, 0) is 24.3 Å². The van der Waals surface area contributed by atoms with E-state index in [0.29, 0.717) is 21.1 Å². The van der Waals surface area contributed by atoms with Crippen molar-refractivity contribution in [3.05, 3.63) is 45.3 Å². The van der Waals surface area contributed by atoms with Crippen molar-refractivity contribution in [1.29, 1.82) is 0 Å². The fourth-order valence-electron chi connectivity index (χ4n) is 2.37. The zero-order chi connectivity index (χ0) is 17.3. The molecule has 0 bridgehead atoms. The Morgan fingerprint density at radius 3 is 2.88 bits per heavy atom. The van der Waals surface area contributed by atoms with Crippen LogP contribution in [0.2, 0.25) is 5.02 Å². The number of amides is 1. The number of carbonyl (C=O) groups is 1. The molecule has 5 nitrogen and oxygen atoms in total. The highest BCUT2D eigenvalue weighted by atomic mass is 35.5. The van der Waals surface area contributed by atoms with Crippen molar-refractivity contribution in [3.8, 4) is 0 Å². The van der Waals surface area contributed by atoms with E-state index in [4.69, 9.17) is 11.6 Å². The van der Waals surface area contributed by atoms with Crippen LogP contribution in [0.5, 0.6) is 0 Å². The van der Waals surface area contributed by atoms with E-state index in [9.17, 15) is 9.59 Å². The molecular weight excluding hydrogens is 366 g/mol. The molecule has 0 saturated carbocycles. The molecule has 0 spiro atoms. The second kappa shape index (κ2) is 7.21. The molecule has 1 atom stereocenters. The van der Waals surface area contributed by atoms with E-state index < -0.39 is 0 Å². The van der Waals surface area contributed by atoms with Crippen molar-refractivity contribution in [1.82, 2.24) is 9.55 Å². The lowest BCUT2D eigenvalue weighted by molar-refractivity contribution is -0.113. The monoisotopic (exact) mass is 381 g/mol. The van der Waals surface area contributed by atoms with Gasteiger partial charge in [0.25, 0.3) is 5.56 Å². The Bertz CT molecular complexity index is 836. The minimum atomic E-state index is -0.153. The van der Waals surface area contributed by atoms with E-state index in [1.165, 1.54) is 16.3 Å². The van der Waals surface area contributed by atoms with E-state index in [-0.39, 0.29) is 17.2 Å². The highest BCUT2D eigenvalue weighted by Crippen LogP contribution is 2.33. The summed E-state index contributed by atoms with van der Waals surface area (Å²) in [5, 5.41) is 4.35. The van der Waals surface area contributed by atoms with Gasteiger partial charge in [0, 0.05) is 29.4 Å². The summed E-state index contributed by atoms with van der Waals surface area (Å²) in [7, 11) is 1.69. The van der Waals surface area contributed by atoms with Crippen molar-refractivity contribution < 1.29 is 4.79 Å². The molecule has 1 aromatic carbocycles. The Balaban J connectivity index is 1.68. The second-order valence-corrected chi connectivity index (χ2v) is 8.34. The fourth-order valence-corrected chi connectivity index (χ4v) is 4.42. The molecule has 0 radical (unpaired) electrons. The summed E-state index contributed by atoms with van der Waals surface area (Å²) >= 11 is 8.66. The molecule has 3 rings (SSSR count). The minimum absolute atomic E-state index is 0.0324. The van der Waals surface area contributed by atoms with Crippen molar-refractivity contribution in [2.45, 2.75) is 28.6 Å². The number of anilines is 1. The number of benzene rings is 1. The van der Waals surface area contributed by atoms with E-state index in [2.05, 4.69) is 17.2 Å². The van der Waals surface area contributed by atoms with Crippen LogP contribution < -0.4 is 10.9 Å². The Morgan fingerprint density at radius 1 is 1.46 bits per heavy atom. The van der Waals surface area contributed by atoms with Gasteiger partial charge in [0.05, 0.1) is 16.3 Å². The van der Waals surface area contributed by atoms with Crippen LogP contribution in [0, 0.1) is 0 Å². The van der Waals surface area contributed by atoms with Crippen LogP contribution in [-0.4, -0.2) is 26.5 Å². The standard InChI is InChI=1S/C16H16ClN3O2S2/c1-9-7-12-14(24-9)15(22)20(2)16(19-12)23-8-13(21)18-11-5-3-10(17)4-6-11/h3-6,9H,7-8H2,1-2H3,(H,18,21)/t9-/m1/s1. The largest absolute Gasteiger partial charge is 0.325 e. The Hall–Kier alpha value is -1.44. The molecule has 1 amide bonds. The summed E-state index contributed by atoms with van der Waals surface area (Å²) in [6.45, 7) is 2.08. The molecule has 8 heteroatoms. The molecule has 24 heavy (non-hydrogen) atoms. The lowest BCUT2D eigenvalue weighted by Gasteiger charge is -2.09. The number of fused-ring (bicyclic) bond motifs is 1. The number of hydrogen-bond donors (Lipinski definition) is 1. The van der Waals surface area contributed by atoms with Gasteiger partial charge in [0.15, 0.2) is 5.16 Å². The number of nitrogens with zero attached hydrogens (tertiary/aromatic N) is 2. The molecule has 2 aromatic rings. The number of hydrogen-bond acceptors (Lipinski definition) is 5. The van der Waals surface area contributed by atoms with Gasteiger partial charge in [-0.25, -0.2) is 4.98 Å². The number of halogens is 1. The summed E-state index contributed by atoms with van der Waals surface area (Å²) in [6, 6.07) is 6.92. The molecule has 1 aromatic heterocycles. The Kier molecular flexibility index (Phi) is 5.22. The van der Waals surface area contributed by atoms with Gasteiger partial charge in [-0.15, -0.1) is 11.8 Å². The summed E-state index contributed by atoms with van der Waals surface area (Å²) in [5.41, 5.74) is 1.50. The topological polar surface area (TPSA) is 64.0 Å². The van der Waals surface area contributed by atoms with Crippen molar-refractivity contribution in [2.24, 2.45) is 7.05 Å².